The van der Waals surface area contributed by atoms with Crippen molar-refractivity contribution in [3.63, 3.8) is 0 Å². The molecule has 0 bridgehead atoms. The Kier molecular flexibility index (Phi) is 2.94. The number of nitrogens with zero attached hydrogens (tertiary/aromatic N) is 1. The van der Waals surface area contributed by atoms with E-state index in [1.54, 1.807) is 12.1 Å². The van der Waals surface area contributed by atoms with Gasteiger partial charge in [0.05, 0.1) is 4.92 Å². The molecule has 1 rings (SSSR count). The number of rotatable bonds is 3. The largest absolute Gasteiger partial charge is 0.273 e. The predicted molar refractivity (Wildman–Crippen MR) is 48.9 cm³/mol. The van der Waals surface area contributed by atoms with Gasteiger partial charge in [-0.1, -0.05) is 11.6 Å². The summed E-state index contributed by atoms with van der Waals surface area (Å²) >= 11 is 0. The van der Waals surface area contributed by atoms with E-state index < -0.39 is 4.92 Å². The summed E-state index contributed by atoms with van der Waals surface area (Å²) in [6, 6.07) is 4.94. The lowest BCUT2D eigenvalue weighted by Crippen LogP contribution is -2.21. The molecule has 0 radical (unpaired) electrons. The number of hydrogen-bond donors (Lipinski definition) is 2. The topological polar surface area (TPSA) is 81.2 Å². The molecular weight excluding hydrogens is 170 g/mol. The van der Waals surface area contributed by atoms with Gasteiger partial charge in [0, 0.05) is 18.2 Å². The summed E-state index contributed by atoms with van der Waals surface area (Å²) in [5.74, 6) is 5.11. The molecular formula is C8H11N3O2. The Morgan fingerprint density at radius 3 is 2.85 bits per heavy atom. The van der Waals surface area contributed by atoms with Crippen molar-refractivity contribution in [2.24, 2.45) is 5.84 Å². The van der Waals surface area contributed by atoms with Gasteiger partial charge in [0.1, 0.15) is 0 Å². The lowest BCUT2D eigenvalue weighted by molar-refractivity contribution is -0.385. The van der Waals surface area contributed by atoms with E-state index in [4.69, 9.17) is 5.84 Å². The van der Waals surface area contributed by atoms with Gasteiger partial charge >= 0.3 is 0 Å². The van der Waals surface area contributed by atoms with E-state index in [1.165, 1.54) is 6.07 Å². The first-order valence-electron chi connectivity index (χ1n) is 3.82. The second-order valence-corrected chi connectivity index (χ2v) is 2.77. The lowest BCUT2D eigenvalue weighted by Gasteiger charge is -2.02. The summed E-state index contributed by atoms with van der Waals surface area (Å²) in [6.45, 7) is 2.18. The van der Waals surface area contributed by atoms with Crippen LogP contribution in [0.15, 0.2) is 18.2 Å². The van der Waals surface area contributed by atoms with Crippen LogP contribution in [0.3, 0.4) is 0 Å². The molecule has 5 nitrogen and oxygen atoms in total. The minimum absolute atomic E-state index is 0.101. The molecule has 0 saturated carbocycles. The van der Waals surface area contributed by atoms with Crippen LogP contribution < -0.4 is 11.3 Å². The molecule has 5 heteroatoms. The van der Waals surface area contributed by atoms with Crippen molar-refractivity contribution in [3.8, 4) is 0 Å². The first-order chi connectivity index (χ1) is 6.15. The van der Waals surface area contributed by atoms with Crippen molar-refractivity contribution >= 4 is 5.69 Å². The summed E-state index contributed by atoms with van der Waals surface area (Å²) in [6.07, 6.45) is 0. The molecule has 13 heavy (non-hydrogen) atoms. The van der Waals surface area contributed by atoms with Crippen LogP contribution >= 0.6 is 0 Å². The van der Waals surface area contributed by atoms with Crippen molar-refractivity contribution in [1.82, 2.24) is 5.43 Å². The smallest absolute Gasteiger partial charge is 0.271 e. The molecule has 1 aromatic rings. The molecule has 0 spiro atoms. The molecule has 0 aliphatic carbocycles. The zero-order valence-corrected chi connectivity index (χ0v) is 7.28. The number of hydrogen-bond acceptors (Lipinski definition) is 4. The monoisotopic (exact) mass is 181 g/mol. The van der Waals surface area contributed by atoms with Gasteiger partial charge in [0.15, 0.2) is 0 Å². The molecule has 0 aromatic heterocycles. The van der Waals surface area contributed by atoms with E-state index in [0.29, 0.717) is 12.1 Å². The molecule has 0 unspecified atom stereocenters. The van der Waals surface area contributed by atoms with Gasteiger partial charge in [-0.3, -0.25) is 21.4 Å². The van der Waals surface area contributed by atoms with Gasteiger partial charge in [0.2, 0.25) is 0 Å². The van der Waals surface area contributed by atoms with Gasteiger partial charge in [-0.25, -0.2) is 0 Å². The van der Waals surface area contributed by atoms with Crippen molar-refractivity contribution in [2.45, 2.75) is 13.5 Å². The van der Waals surface area contributed by atoms with Gasteiger partial charge in [-0.15, -0.1) is 0 Å². The fourth-order valence-electron chi connectivity index (χ4n) is 1.14. The molecule has 0 heterocycles. The van der Waals surface area contributed by atoms with Crippen molar-refractivity contribution in [1.29, 1.82) is 0 Å². The summed E-state index contributed by atoms with van der Waals surface area (Å²) in [4.78, 5) is 10.1. The van der Waals surface area contributed by atoms with Gasteiger partial charge in [-0.2, -0.15) is 0 Å². The lowest BCUT2D eigenvalue weighted by atomic mass is 10.1. The molecule has 0 saturated heterocycles. The van der Waals surface area contributed by atoms with E-state index in [9.17, 15) is 10.1 Å². The molecule has 1 aromatic carbocycles. The Balaban J connectivity index is 3.10. The number of nitrogens with two attached hydrogens (primary N) is 1. The van der Waals surface area contributed by atoms with Crippen LogP contribution in [0.2, 0.25) is 0 Å². The zero-order chi connectivity index (χ0) is 9.84. The maximum absolute atomic E-state index is 10.5. The molecule has 70 valence electrons. The van der Waals surface area contributed by atoms with Gasteiger partial charge in [-0.05, 0) is 13.0 Å². The highest BCUT2D eigenvalue weighted by Crippen LogP contribution is 2.19. The Labute approximate surface area is 75.7 Å². The van der Waals surface area contributed by atoms with E-state index in [-0.39, 0.29) is 5.69 Å². The molecule has 3 N–H and O–H groups in total. The SMILES string of the molecule is Cc1ccc([N+](=O)[O-])c(CNN)c1. The minimum Gasteiger partial charge on any atom is -0.271 e. The van der Waals surface area contributed by atoms with E-state index >= 15 is 0 Å². The van der Waals surface area contributed by atoms with Crippen LogP contribution in [-0.2, 0) is 6.54 Å². The number of hydrazine groups is 1. The van der Waals surface area contributed by atoms with Crippen molar-refractivity contribution in [3.05, 3.63) is 39.4 Å². The summed E-state index contributed by atoms with van der Waals surface area (Å²) in [5, 5.41) is 10.5. The predicted octanol–water partition coefficient (Wildman–Crippen LogP) is 0.867. The quantitative estimate of drug-likeness (QED) is 0.412. The average molecular weight is 181 g/mol. The highest BCUT2D eigenvalue weighted by atomic mass is 16.6. The normalized spacial score (nSPS) is 10.0. The number of nitro benzene ring substituents is 1. The van der Waals surface area contributed by atoms with Crippen LogP contribution in [0.1, 0.15) is 11.1 Å². The Morgan fingerprint density at radius 1 is 1.62 bits per heavy atom. The standard InChI is InChI=1S/C8H11N3O2/c1-6-2-3-8(11(12)13)7(4-6)5-10-9/h2-4,10H,5,9H2,1H3. The van der Waals surface area contributed by atoms with E-state index in [0.717, 1.165) is 5.56 Å². The Hall–Kier alpha value is -1.46. The minimum atomic E-state index is -0.411. The number of nitro groups is 1. The first-order valence-corrected chi connectivity index (χ1v) is 3.82. The Bertz CT molecular complexity index is 325. The molecule has 0 amide bonds. The third-order valence-corrected chi connectivity index (χ3v) is 1.72. The van der Waals surface area contributed by atoms with Crippen LogP contribution in [-0.4, -0.2) is 4.92 Å². The van der Waals surface area contributed by atoms with Crippen LogP contribution in [0.4, 0.5) is 5.69 Å². The fraction of sp³-hybridized carbons (Fsp3) is 0.250. The summed E-state index contributed by atoms with van der Waals surface area (Å²) < 4.78 is 0. The molecule has 0 aliphatic rings. The maximum atomic E-state index is 10.5. The third kappa shape index (κ3) is 2.24. The molecule has 0 atom stereocenters. The van der Waals surface area contributed by atoms with Crippen LogP contribution in [0.25, 0.3) is 0 Å². The van der Waals surface area contributed by atoms with Gasteiger partial charge in [0.25, 0.3) is 5.69 Å². The average Bonchev–Trinajstić information content (AvgIpc) is 2.04. The van der Waals surface area contributed by atoms with Gasteiger partial charge < -0.3 is 0 Å². The number of benzene rings is 1. The fourth-order valence-corrected chi connectivity index (χ4v) is 1.14. The van der Waals surface area contributed by atoms with E-state index in [1.807, 2.05) is 6.92 Å². The summed E-state index contributed by atoms with van der Waals surface area (Å²) in [5.41, 5.74) is 4.09. The number of nitrogens with one attached hydrogen (secondary N) is 1. The third-order valence-electron chi connectivity index (χ3n) is 1.72. The Morgan fingerprint density at radius 2 is 2.31 bits per heavy atom. The van der Waals surface area contributed by atoms with Crippen LogP contribution in [0.5, 0.6) is 0 Å². The second kappa shape index (κ2) is 3.97. The van der Waals surface area contributed by atoms with E-state index in [2.05, 4.69) is 5.43 Å². The van der Waals surface area contributed by atoms with Crippen molar-refractivity contribution < 1.29 is 4.92 Å². The second-order valence-electron chi connectivity index (χ2n) is 2.77. The van der Waals surface area contributed by atoms with Crippen LogP contribution in [0, 0.1) is 17.0 Å². The van der Waals surface area contributed by atoms with Crippen molar-refractivity contribution in [2.75, 3.05) is 0 Å². The zero-order valence-electron chi connectivity index (χ0n) is 7.28. The summed E-state index contributed by atoms with van der Waals surface area (Å²) in [7, 11) is 0. The first kappa shape index (κ1) is 9.63. The molecule has 0 aliphatic heterocycles. The highest BCUT2D eigenvalue weighted by molar-refractivity contribution is 5.42. The maximum Gasteiger partial charge on any atom is 0.273 e. The molecule has 0 fully saturated rings. The highest BCUT2D eigenvalue weighted by Gasteiger charge is 2.11. The number of aryl methyl sites for hydroxylation is 1.